The van der Waals surface area contributed by atoms with Gasteiger partial charge in [0, 0.05) is 31.9 Å². The molecule has 1 aliphatic carbocycles. The maximum absolute atomic E-state index is 4.73. The second-order valence-electron chi connectivity index (χ2n) is 8.47. The third kappa shape index (κ3) is 2.61. The van der Waals surface area contributed by atoms with Gasteiger partial charge in [0.15, 0.2) is 0 Å². The molecule has 0 amide bonds. The van der Waals surface area contributed by atoms with E-state index in [1.807, 2.05) is 17.5 Å². The van der Waals surface area contributed by atoms with E-state index in [-0.39, 0.29) is 0 Å². The molecule has 130 valence electrons. The van der Waals surface area contributed by atoms with E-state index < -0.39 is 8.07 Å². The molecule has 0 radical (unpaired) electrons. The van der Waals surface area contributed by atoms with Crippen LogP contribution in [0.2, 0.25) is 19.6 Å². The maximum atomic E-state index is 4.73. The van der Waals surface area contributed by atoms with Gasteiger partial charge < -0.3 is 0 Å². The monoisotopic (exact) mass is 373 g/mol. The van der Waals surface area contributed by atoms with Crippen molar-refractivity contribution >= 4 is 44.8 Å². The molecule has 2 heterocycles. The summed E-state index contributed by atoms with van der Waals surface area (Å²) in [5, 5.41) is 4.35. The molecule has 1 fully saturated rings. The summed E-state index contributed by atoms with van der Waals surface area (Å²) in [7, 11) is -1.38. The van der Waals surface area contributed by atoms with E-state index in [0.29, 0.717) is 0 Å². The highest BCUT2D eigenvalue weighted by atomic mass is 32.1. The molecule has 0 spiro atoms. The van der Waals surface area contributed by atoms with Gasteiger partial charge in [-0.1, -0.05) is 56.0 Å². The quantitative estimate of drug-likeness (QED) is 0.372. The Morgan fingerprint density at radius 2 is 1.65 bits per heavy atom. The summed E-state index contributed by atoms with van der Waals surface area (Å²) in [6.07, 6.45) is 4.65. The lowest BCUT2D eigenvalue weighted by Crippen LogP contribution is -2.37. The van der Waals surface area contributed by atoms with Crippen LogP contribution in [0.1, 0.15) is 24.3 Å². The molecule has 1 saturated carbocycles. The summed E-state index contributed by atoms with van der Waals surface area (Å²) >= 11 is 1.96. The maximum Gasteiger partial charge on any atom is 0.0794 e. The molecule has 4 aromatic rings. The zero-order valence-electron chi connectivity index (χ0n) is 15.5. The number of pyridine rings is 1. The molecule has 2 aromatic heterocycles. The van der Waals surface area contributed by atoms with Gasteiger partial charge in [0.25, 0.3) is 0 Å². The van der Waals surface area contributed by atoms with Crippen LogP contribution in [-0.4, -0.2) is 13.1 Å². The van der Waals surface area contributed by atoms with Crippen LogP contribution < -0.4 is 5.19 Å². The van der Waals surface area contributed by atoms with Gasteiger partial charge >= 0.3 is 0 Å². The Kier molecular flexibility index (Phi) is 3.60. The van der Waals surface area contributed by atoms with E-state index in [4.69, 9.17) is 4.98 Å². The van der Waals surface area contributed by atoms with Crippen LogP contribution in [0, 0.1) is 0 Å². The van der Waals surface area contributed by atoms with Crippen LogP contribution in [0.15, 0.2) is 54.7 Å². The standard InChI is InChI=1S/C23H23NSSi/c1-26(2,3)21-9-5-7-18-17-6-4-8-19(22(17)25-23(18)21)20-14-16(12-13-24-20)15-10-11-15/h4-9,12-15H,10-11H2,1-3H3. The summed E-state index contributed by atoms with van der Waals surface area (Å²) in [4.78, 5) is 4.73. The van der Waals surface area contributed by atoms with E-state index in [0.717, 1.165) is 11.6 Å². The molecule has 0 N–H and O–H groups in total. The van der Waals surface area contributed by atoms with E-state index in [1.54, 1.807) is 5.19 Å². The van der Waals surface area contributed by atoms with Crippen molar-refractivity contribution < 1.29 is 0 Å². The summed E-state index contributed by atoms with van der Waals surface area (Å²) in [6, 6.07) is 18.1. The number of nitrogens with zero attached hydrogens (tertiary/aromatic N) is 1. The zero-order valence-corrected chi connectivity index (χ0v) is 17.4. The Balaban J connectivity index is 1.78. The minimum atomic E-state index is -1.38. The molecule has 0 aliphatic heterocycles. The van der Waals surface area contributed by atoms with Gasteiger partial charge in [-0.25, -0.2) is 0 Å². The number of thiophene rings is 1. The highest BCUT2D eigenvalue weighted by molar-refractivity contribution is 7.28. The Morgan fingerprint density at radius 3 is 2.38 bits per heavy atom. The fourth-order valence-electron chi connectivity index (χ4n) is 3.88. The van der Waals surface area contributed by atoms with Crippen molar-refractivity contribution in [1.29, 1.82) is 0 Å². The van der Waals surface area contributed by atoms with E-state index in [1.165, 1.54) is 44.1 Å². The van der Waals surface area contributed by atoms with Gasteiger partial charge in [0.05, 0.1) is 13.8 Å². The highest BCUT2D eigenvalue weighted by Crippen LogP contribution is 2.43. The molecule has 1 nitrogen and oxygen atoms in total. The second-order valence-corrected chi connectivity index (χ2v) is 14.5. The molecular weight excluding hydrogens is 350 g/mol. The number of hydrogen-bond acceptors (Lipinski definition) is 2. The number of rotatable bonds is 3. The first-order valence-corrected chi connectivity index (χ1v) is 13.7. The van der Waals surface area contributed by atoms with Crippen molar-refractivity contribution in [1.82, 2.24) is 4.98 Å². The molecular formula is C23H23NSSi. The fraction of sp³-hybridized carbons (Fsp3) is 0.261. The first kappa shape index (κ1) is 16.2. The number of aromatic nitrogens is 1. The zero-order chi connectivity index (χ0) is 17.9. The molecule has 3 heteroatoms. The Hall–Kier alpha value is -1.97. The number of benzene rings is 2. The van der Waals surface area contributed by atoms with Crippen LogP contribution in [-0.2, 0) is 0 Å². The molecule has 5 rings (SSSR count). The van der Waals surface area contributed by atoms with E-state index >= 15 is 0 Å². The third-order valence-electron chi connectivity index (χ3n) is 5.44. The molecule has 0 saturated heterocycles. The minimum absolute atomic E-state index is 0.761. The van der Waals surface area contributed by atoms with E-state index in [2.05, 4.69) is 68.2 Å². The van der Waals surface area contributed by atoms with Crippen LogP contribution in [0.3, 0.4) is 0 Å². The molecule has 0 bridgehead atoms. The minimum Gasteiger partial charge on any atom is -0.256 e. The highest BCUT2D eigenvalue weighted by Gasteiger charge is 2.25. The molecule has 1 aliphatic rings. The third-order valence-corrected chi connectivity index (χ3v) is 8.94. The van der Waals surface area contributed by atoms with Crippen molar-refractivity contribution in [2.24, 2.45) is 0 Å². The van der Waals surface area contributed by atoms with Gasteiger partial charge in [-0.05, 0) is 41.6 Å². The first-order chi connectivity index (χ1) is 12.5. The summed E-state index contributed by atoms with van der Waals surface area (Å²) in [6.45, 7) is 7.31. The topological polar surface area (TPSA) is 12.9 Å². The molecule has 0 atom stereocenters. The van der Waals surface area contributed by atoms with Crippen molar-refractivity contribution in [2.45, 2.75) is 38.4 Å². The van der Waals surface area contributed by atoms with Gasteiger partial charge in [0.1, 0.15) is 0 Å². The van der Waals surface area contributed by atoms with Crippen LogP contribution >= 0.6 is 11.3 Å². The van der Waals surface area contributed by atoms with Gasteiger partial charge in [0.2, 0.25) is 0 Å². The number of fused-ring (bicyclic) bond motifs is 3. The van der Waals surface area contributed by atoms with Gasteiger partial charge in [-0.3, -0.25) is 4.98 Å². The van der Waals surface area contributed by atoms with Crippen molar-refractivity contribution in [3.63, 3.8) is 0 Å². The van der Waals surface area contributed by atoms with Gasteiger partial charge in [-0.15, -0.1) is 11.3 Å². The van der Waals surface area contributed by atoms with Crippen molar-refractivity contribution in [2.75, 3.05) is 0 Å². The lowest BCUT2D eigenvalue weighted by Gasteiger charge is -2.17. The van der Waals surface area contributed by atoms with Crippen LogP contribution in [0.5, 0.6) is 0 Å². The first-order valence-electron chi connectivity index (χ1n) is 9.43. The summed E-state index contributed by atoms with van der Waals surface area (Å²) in [5.74, 6) is 0.761. The predicted molar refractivity (Wildman–Crippen MR) is 118 cm³/mol. The fourth-order valence-corrected chi connectivity index (χ4v) is 7.60. The lowest BCUT2D eigenvalue weighted by molar-refractivity contribution is 1.11. The molecule has 26 heavy (non-hydrogen) atoms. The SMILES string of the molecule is C[Si](C)(C)c1cccc2c1sc1c(-c3cc(C4CC4)ccn3)cccc12. The Bertz CT molecular complexity index is 1130. The normalized spacial score (nSPS) is 15.0. The van der Waals surface area contributed by atoms with Crippen molar-refractivity contribution in [3.05, 3.63) is 60.3 Å². The smallest absolute Gasteiger partial charge is 0.0794 e. The molecule has 2 aromatic carbocycles. The average molecular weight is 374 g/mol. The van der Waals surface area contributed by atoms with Gasteiger partial charge in [-0.2, -0.15) is 0 Å². The largest absolute Gasteiger partial charge is 0.256 e. The second kappa shape index (κ2) is 5.76. The van der Waals surface area contributed by atoms with Crippen molar-refractivity contribution in [3.8, 4) is 11.3 Å². The summed E-state index contributed by atoms with van der Waals surface area (Å²) in [5.41, 5.74) is 3.87. The van der Waals surface area contributed by atoms with Crippen LogP contribution in [0.4, 0.5) is 0 Å². The Morgan fingerprint density at radius 1 is 0.923 bits per heavy atom. The number of hydrogen-bond donors (Lipinski definition) is 0. The lowest BCUT2D eigenvalue weighted by atomic mass is 10.0. The Labute approximate surface area is 159 Å². The summed E-state index contributed by atoms with van der Waals surface area (Å²) < 4.78 is 2.86. The van der Waals surface area contributed by atoms with Crippen LogP contribution in [0.25, 0.3) is 31.4 Å². The molecule has 0 unspecified atom stereocenters. The predicted octanol–water partition coefficient (Wildman–Crippen LogP) is 6.54. The average Bonchev–Trinajstić information content (AvgIpc) is 3.41. The van der Waals surface area contributed by atoms with E-state index in [9.17, 15) is 0 Å².